The van der Waals surface area contributed by atoms with Gasteiger partial charge in [0.2, 0.25) is 0 Å². The van der Waals surface area contributed by atoms with Crippen LogP contribution in [0.3, 0.4) is 0 Å². The molecular weight excluding hydrogens is 605 g/mol. The van der Waals surface area contributed by atoms with Gasteiger partial charge in [-0.05, 0) is 32.6 Å². The van der Waals surface area contributed by atoms with Crippen molar-refractivity contribution in [3.63, 3.8) is 0 Å². The summed E-state index contributed by atoms with van der Waals surface area (Å²) in [7, 11) is 0. The minimum absolute atomic E-state index is 0.616. The number of imidazole rings is 1. The van der Waals surface area contributed by atoms with Gasteiger partial charge in [0.1, 0.15) is 12.4 Å². The maximum absolute atomic E-state index is 3.78. The van der Waals surface area contributed by atoms with Gasteiger partial charge in [-0.1, -0.05) is 245 Å². The molecule has 1 atom stereocenters. The summed E-state index contributed by atoms with van der Waals surface area (Å²) in [6, 6.07) is 0.616. The molecule has 1 rings (SSSR count). The molecule has 296 valence electrons. The van der Waals surface area contributed by atoms with E-state index in [0.717, 1.165) is 0 Å². The van der Waals surface area contributed by atoms with Crippen LogP contribution in [0.5, 0.6) is 0 Å². The average molecular weight is 700 g/mol. The van der Waals surface area contributed by atoms with Crippen LogP contribution < -0.4 is 4.57 Å². The summed E-state index contributed by atoms with van der Waals surface area (Å²) in [5, 5.41) is 0. The number of H-pyrrole nitrogens is 1. The Morgan fingerprint density at radius 3 is 0.940 bits per heavy atom. The van der Waals surface area contributed by atoms with Crippen molar-refractivity contribution in [3.05, 3.63) is 18.2 Å². The minimum atomic E-state index is 0.616. The Bertz CT molecular complexity index is 740. The summed E-state index contributed by atoms with van der Waals surface area (Å²) in [5.74, 6) is 2.25. The zero-order valence-corrected chi connectivity index (χ0v) is 35.3. The number of hydrogen-bond acceptors (Lipinski definition) is 0. The van der Waals surface area contributed by atoms with Crippen LogP contribution in [0.2, 0.25) is 0 Å². The van der Waals surface area contributed by atoms with Crippen molar-refractivity contribution in [1.29, 1.82) is 0 Å². The lowest BCUT2D eigenvalue weighted by molar-refractivity contribution is -0.727. The highest BCUT2D eigenvalue weighted by Crippen LogP contribution is 2.28. The van der Waals surface area contributed by atoms with Gasteiger partial charge in [-0.25, -0.2) is 9.55 Å². The van der Waals surface area contributed by atoms with Crippen molar-refractivity contribution in [3.8, 4) is 0 Å². The highest BCUT2D eigenvalue weighted by Gasteiger charge is 2.25. The van der Waals surface area contributed by atoms with Gasteiger partial charge in [-0.3, -0.25) is 0 Å². The first-order valence-electron chi connectivity index (χ1n) is 23.8. The third-order valence-electron chi connectivity index (χ3n) is 11.9. The fourth-order valence-corrected chi connectivity index (χ4v) is 8.37. The first-order chi connectivity index (χ1) is 24.7. The van der Waals surface area contributed by atoms with Crippen LogP contribution in [0.4, 0.5) is 0 Å². The number of nitrogens with zero attached hydrogens (tertiary/aromatic N) is 1. The third kappa shape index (κ3) is 28.8. The van der Waals surface area contributed by atoms with Gasteiger partial charge in [0.25, 0.3) is 5.82 Å². The van der Waals surface area contributed by atoms with E-state index < -0.39 is 0 Å². The second-order valence-electron chi connectivity index (χ2n) is 16.8. The molecule has 2 heteroatoms. The van der Waals surface area contributed by atoms with Crippen molar-refractivity contribution in [2.24, 2.45) is 0 Å². The van der Waals surface area contributed by atoms with E-state index in [2.05, 4.69) is 49.6 Å². The predicted molar refractivity (Wildman–Crippen MR) is 226 cm³/mol. The molecule has 0 aliphatic heterocycles. The minimum Gasteiger partial charge on any atom is -0.247 e. The van der Waals surface area contributed by atoms with Crippen LogP contribution in [-0.2, 0) is 0 Å². The number of aromatic nitrogens is 2. The summed E-state index contributed by atoms with van der Waals surface area (Å²) in [4.78, 5) is 3.78. The van der Waals surface area contributed by atoms with Crippen molar-refractivity contribution in [2.45, 2.75) is 290 Å². The highest BCUT2D eigenvalue weighted by molar-refractivity contribution is 4.90. The predicted octanol–water partition coefficient (Wildman–Crippen LogP) is 17.2. The fourth-order valence-electron chi connectivity index (χ4n) is 8.37. The molecule has 1 aromatic heterocycles. The fraction of sp³-hybridized carbons (Fsp3) is 0.938. The quantitative estimate of drug-likeness (QED) is 0.0518. The van der Waals surface area contributed by atoms with Crippen LogP contribution in [0, 0.1) is 0 Å². The van der Waals surface area contributed by atoms with Crippen LogP contribution in [0.15, 0.2) is 12.4 Å². The first-order valence-corrected chi connectivity index (χ1v) is 23.8. The average Bonchev–Trinajstić information content (AvgIpc) is 3.62. The molecule has 1 heterocycles. The lowest BCUT2D eigenvalue weighted by Crippen LogP contribution is -2.41. The molecule has 1 aromatic rings. The number of rotatable bonds is 41. The van der Waals surface area contributed by atoms with Gasteiger partial charge < -0.3 is 0 Å². The lowest BCUT2D eigenvalue weighted by Gasteiger charge is -2.17. The molecule has 0 aliphatic carbocycles. The van der Waals surface area contributed by atoms with Gasteiger partial charge in [0, 0.05) is 0 Å². The maximum Gasteiger partial charge on any atom is 0.257 e. The zero-order valence-electron chi connectivity index (χ0n) is 35.3. The maximum atomic E-state index is 3.78. The van der Waals surface area contributed by atoms with E-state index in [9.17, 15) is 0 Å². The van der Waals surface area contributed by atoms with Crippen molar-refractivity contribution < 1.29 is 4.57 Å². The summed E-state index contributed by atoms with van der Waals surface area (Å²) in [6.07, 6.45) is 60.6. The Balaban J connectivity index is 2.38. The molecule has 0 aliphatic rings. The van der Waals surface area contributed by atoms with Crippen LogP contribution in [0.25, 0.3) is 0 Å². The third-order valence-corrected chi connectivity index (χ3v) is 11.9. The molecule has 0 fully saturated rings. The second kappa shape index (κ2) is 38.0. The van der Waals surface area contributed by atoms with Gasteiger partial charge in [0.15, 0.2) is 0 Å². The van der Waals surface area contributed by atoms with E-state index in [0.29, 0.717) is 12.0 Å². The normalized spacial score (nSPS) is 12.4. The summed E-state index contributed by atoms with van der Waals surface area (Å²) < 4.78 is 2.66. The number of unbranched alkanes of at least 4 members (excludes halogenated alkanes) is 33. The summed E-state index contributed by atoms with van der Waals surface area (Å²) in [5.41, 5.74) is 0. The van der Waals surface area contributed by atoms with Crippen LogP contribution in [0.1, 0.15) is 296 Å². The van der Waals surface area contributed by atoms with E-state index in [-0.39, 0.29) is 0 Å². The molecule has 0 spiro atoms. The Labute approximate surface area is 316 Å². The molecule has 1 N–H and O–H groups in total. The molecule has 0 aromatic carbocycles. The van der Waals surface area contributed by atoms with E-state index in [1.54, 1.807) is 5.82 Å². The Kier molecular flexibility index (Phi) is 35.8. The van der Waals surface area contributed by atoms with Gasteiger partial charge in [-0.15, -0.1) is 0 Å². The molecule has 0 saturated carbocycles. The van der Waals surface area contributed by atoms with Crippen molar-refractivity contribution >= 4 is 0 Å². The van der Waals surface area contributed by atoms with Gasteiger partial charge in [0.05, 0.1) is 12.0 Å². The van der Waals surface area contributed by atoms with Gasteiger partial charge >= 0.3 is 0 Å². The summed E-state index contributed by atoms with van der Waals surface area (Å²) >= 11 is 0. The van der Waals surface area contributed by atoms with E-state index >= 15 is 0 Å². The second-order valence-corrected chi connectivity index (χ2v) is 16.8. The first kappa shape index (κ1) is 47.2. The van der Waals surface area contributed by atoms with E-state index in [4.69, 9.17) is 0 Å². The Hall–Kier alpha value is -0.790. The molecule has 0 amide bonds. The molecule has 2 nitrogen and oxygen atoms in total. The standard InChI is InChI=1S/C48H94N2/c1-5-8-11-14-17-20-23-26-29-32-35-38-41-46(4)50-45-44-49-48(50)47(42-39-36-33-30-27-24-21-18-15-12-9-6-2)43-40-37-34-31-28-25-22-19-16-13-10-7-3/h44-47H,5-43H2,1-4H3/p+1. The molecule has 1 unspecified atom stereocenters. The van der Waals surface area contributed by atoms with Gasteiger partial charge in [-0.2, -0.15) is 0 Å². The van der Waals surface area contributed by atoms with Crippen LogP contribution >= 0.6 is 0 Å². The monoisotopic (exact) mass is 700 g/mol. The number of aromatic amines is 1. The zero-order chi connectivity index (χ0) is 36.0. The summed E-state index contributed by atoms with van der Waals surface area (Å²) in [6.45, 7) is 9.44. The Morgan fingerprint density at radius 2 is 0.640 bits per heavy atom. The highest BCUT2D eigenvalue weighted by atomic mass is 15.1. The van der Waals surface area contributed by atoms with Crippen molar-refractivity contribution in [1.82, 2.24) is 4.98 Å². The molecular formula is C48H95N2+. The van der Waals surface area contributed by atoms with Crippen LogP contribution in [-0.4, -0.2) is 4.98 Å². The number of nitrogens with one attached hydrogen (secondary N) is 1. The molecule has 0 radical (unpaired) electrons. The molecule has 0 bridgehead atoms. The largest absolute Gasteiger partial charge is 0.257 e. The SMILES string of the molecule is CCCCCCCCCCCCCCC(CCCCCCCCCCCCCC)c1[nH]cc[n+]1C(C)CCCCCCCCCCCCCC. The molecule has 0 saturated heterocycles. The smallest absolute Gasteiger partial charge is 0.247 e. The molecule has 50 heavy (non-hydrogen) atoms. The van der Waals surface area contributed by atoms with Crippen molar-refractivity contribution in [2.75, 3.05) is 0 Å². The van der Waals surface area contributed by atoms with E-state index in [1.807, 2.05) is 0 Å². The Morgan fingerprint density at radius 1 is 0.380 bits per heavy atom. The topological polar surface area (TPSA) is 19.7 Å². The number of hydrogen-bond donors (Lipinski definition) is 1. The van der Waals surface area contributed by atoms with E-state index in [1.165, 1.54) is 250 Å². The lowest BCUT2D eigenvalue weighted by atomic mass is 9.92.